The molecule has 0 aromatic heterocycles. The van der Waals surface area contributed by atoms with Crippen LogP contribution in [0.5, 0.6) is 0 Å². The molecule has 2 N–H and O–H groups in total. The smallest absolute Gasteiger partial charge is 0.338 e. The van der Waals surface area contributed by atoms with E-state index in [0.29, 0.717) is 13.2 Å². The van der Waals surface area contributed by atoms with Gasteiger partial charge in [-0.1, -0.05) is 11.6 Å². The Bertz CT molecular complexity index is 543. The van der Waals surface area contributed by atoms with Gasteiger partial charge in [-0.2, -0.15) is 0 Å². The van der Waals surface area contributed by atoms with E-state index in [9.17, 15) is 14.9 Å². The van der Waals surface area contributed by atoms with Crippen LogP contribution in [0.4, 0.5) is 11.4 Å². The van der Waals surface area contributed by atoms with Crippen LogP contribution in [0.15, 0.2) is 12.1 Å². The first kappa shape index (κ1) is 14.5. The fourth-order valence-electron chi connectivity index (χ4n) is 2.07. The van der Waals surface area contributed by atoms with E-state index in [1.807, 2.05) is 0 Å². The molecule has 1 heterocycles. The third kappa shape index (κ3) is 3.17. The number of rotatable bonds is 5. The number of carbonyl (C=O) groups is 1. The Hall–Kier alpha value is -1.86. The normalized spacial score (nSPS) is 17.9. The third-order valence-electron chi connectivity index (χ3n) is 3.05. The van der Waals surface area contributed by atoms with Crippen molar-refractivity contribution in [2.24, 2.45) is 0 Å². The highest BCUT2D eigenvalue weighted by Gasteiger charge is 2.22. The Labute approximate surface area is 119 Å². The first-order valence-electron chi connectivity index (χ1n) is 6.05. The quantitative estimate of drug-likeness (QED) is 0.640. The summed E-state index contributed by atoms with van der Waals surface area (Å²) in [4.78, 5) is 21.2. The molecule has 2 rings (SSSR count). The molecular weight excluding hydrogens is 288 g/mol. The predicted octanol–water partition coefficient (Wildman–Crippen LogP) is 2.54. The number of halogens is 1. The van der Waals surface area contributed by atoms with Gasteiger partial charge in [0, 0.05) is 25.3 Å². The number of carboxylic acid groups (broad SMARTS) is 1. The van der Waals surface area contributed by atoms with Gasteiger partial charge < -0.3 is 15.2 Å². The van der Waals surface area contributed by atoms with Gasteiger partial charge in [0.2, 0.25) is 0 Å². The van der Waals surface area contributed by atoms with Crippen LogP contribution in [-0.4, -0.2) is 35.3 Å². The SMILES string of the molecule is O=C(O)c1cc([N+](=O)[O-])cc(Cl)c1NCC1CCCO1. The molecule has 8 heteroatoms. The average Bonchev–Trinajstić information content (AvgIpc) is 2.89. The second-order valence-electron chi connectivity index (χ2n) is 4.43. The fourth-order valence-corrected chi connectivity index (χ4v) is 2.35. The van der Waals surface area contributed by atoms with Crippen molar-refractivity contribution < 1.29 is 19.6 Å². The highest BCUT2D eigenvalue weighted by atomic mass is 35.5. The predicted molar refractivity (Wildman–Crippen MR) is 72.5 cm³/mol. The van der Waals surface area contributed by atoms with Gasteiger partial charge in [-0.15, -0.1) is 0 Å². The van der Waals surface area contributed by atoms with Gasteiger partial charge in [0.1, 0.15) is 0 Å². The van der Waals surface area contributed by atoms with Gasteiger partial charge in [0.05, 0.1) is 27.3 Å². The summed E-state index contributed by atoms with van der Waals surface area (Å²) in [5.41, 5.74) is -0.391. The summed E-state index contributed by atoms with van der Waals surface area (Å²) in [5.74, 6) is -1.27. The molecule has 0 aliphatic carbocycles. The van der Waals surface area contributed by atoms with Crippen LogP contribution in [-0.2, 0) is 4.74 Å². The topological polar surface area (TPSA) is 102 Å². The van der Waals surface area contributed by atoms with Crippen LogP contribution >= 0.6 is 11.6 Å². The Kier molecular flexibility index (Phi) is 4.41. The van der Waals surface area contributed by atoms with E-state index in [1.165, 1.54) is 0 Å². The highest BCUT2D eigenvalue weighted by molar-refractivity contribution is 6.34. The Morgan fingerprint density at radius 3 is 2.90 bits per heavy atom. The lowest BCUT2D eigenvalue weighted by Crippen LogP contribution is -2.20. The number of nitrogens with one attached hydrogen (secondary N) is 1. The minimum atomic E-state index is -1.27. The number of carboxylic acids is 1. The molecule has 1 saturated heterocycles. The number of hydrogen-bond acceptors (Lipinski definition) is 5. The van der Waals surface area contributed by atoms with E-state index in [2.05, 4.69) is 5.32 Å². The second kappa shape index (κ2) is 6.06. The van der Waals surface area contributed by atoms with E-state index >= 15 is 0 Å². The van der Waals surface area contributed by atoms with Crippen molar-refractivity contribution in [3.63, 3.8) is 0 Å². The van der Waals surface area contributed by atoms with E-state index in [4.69, 9.17) is 21.4 Å². The number of non-ortho nitro benzene ring substituents is 1. The van der Waals surface area contributed by atoms with Crippen molar-refractivity contribution >= 4 is 28.9 Å². The van der Waals surface area contributed by atoms with Crippen LogP contribution in [0.3, 0.4) is 0 Å². The molecule has 7 nitrogen and oxygen atoms in total. The maximum Gasteiger partial charge on any atom is 0.338 e. The summed E-state index contributed by atoms with van der Waals surface area (Å²) in [7, 11) is 0. The molecule has 1 aliphatic rings. The molecular formula is C12H13ClN2O5. The van der Waals surface area contributed by atoms with Crippen LogP contribution in [0.2, 0.25) is 5.02 Å². The lowest BCUT2D eigenvalue weighted by molar-refractivity contribution is -0.384. The number of anilines is 1. The molecule has 1 fully saturated rings. The zero-order valence-corrected chi connectivity index (χ0v) is 11.2. The molecule has 0 saturated carbocycles. The summed E-state index contributed by atoms with van der Waals surface area (Å²) in [6.45, 7) is 1.10. The summed E-state index contributed by atoms with van der Waals surface area (Å²) < 4.78 is 5.42. The lowest BCUT2D eigenvalue weighted by atomic mass is 10.1. The van der Waals surface area contributed by atoms with Crippen LogP contribution in [0.1, 0.15) is 23.2 Å². The van der Waals surface area contributed by atoms with Gasteiger partial charge >= 0.3 is 5.97 Å². The molecule has 1 atom stereocenters. The Morgan fingerprint density at radius 2 is 2.35 bits per heavy atom. The first-order chi connectivity index (χ1) is 9.49. The lowest BCUT2D eigenvalue weighted by Gasteiger charge is -2.15. The number of ether oxygens (including phenoxy) is 1. The van der Waals surface area contributed by atoms with Gasteiger partial charge in [0.15, 0.2) is 0 Å². The summed E-state index contributed by atoms with van der Waals surface area (Å²) in [6.07, 6.45) is 1.86. The van der Waals surface area contributed by atoms with Crippen LogP contribution < -0.4 is 5.32 Å². The third-order valence-corrected chi connectivity index (χ3v) is 3.34. The molecule has 20 heavy (non-hydrogen) atoms. The summed E-state index contributed by atoms with van der Waals surface area (Å²) in [5, 5.41) is 22.8. The number of nitro benzene ring substituents is 1. The molecule has 0 radical (unpaired) electrons. The number of aromatic carboxylic acids is 1. The standard InChI is InChI=1S/C12H13ClN2O5/c13-10-5-7(15(18)19)4-9(12(16)17)11(10)14-6-8-2-1-3-20-8/h4-5,8,14H,1-3,6H2,(H,16,17). The minimum Gasteiger partial charge on any atom is -0.478 e. The number of benzene rings is 1. The summed E-state index contributed by atoms with van der Waals surface area (Å²) in [6, 6.07) is 2.12. The molecule has 108 valence electrons. The van der Waals surface area contributed by atoms with Gasteiger partial charge in [-0.25, -0.2) is 4.79 Å². The van der Waals surface area contributed by atoms with E-state index in [1.54, 1.807) is 0 Å². The molecule has 1 aromatic rings. The first-order valence-corrected chi connectivity index (χ1v) is 6.43. The minimum absolute atomic E-state index is 0.00269. The van der Waals surface area contributed by atoms with Crippen molar-refractivity contribution in [1.82, 2.24) is 0 Å². The number of nitro groups is 1. The molecule has 0 bridgehead atoms. The maximum absolute atomic E-state index is 11.2. The largest absolute Gasteiger partial charge is 0.478 e. The fraction of sp³-hybridized carbons (Fsp3) is 0.417. The van der Waals surface area contributed by atoms with Gasteiger partial charge in [0.25, 0.3) is 5.69 Å². The highest BCUT2D eigenvalue weighted by Crippen LogP contribution is 2.31. The van der Waals surface area contributed by atoms with Crippen molar-refractivity contribution in [2.75, 3.05) is 18.5 Å². The average molecular weight is 301 g/mol. The zero-order chi connectivity index (χ0) is 14.7. The van der Waals surface area contributed by atoms with Gasteiger partial charge in [-0.05, 0) is 12.8 Å². The van der Waals surface area contributed by atoms with E-state index in [0.717, 1.165) is 25.0 Å². The van der Waals surface area contributed by atoms with Crippen molar-refractivity contribution in [3.8, 4) is 0 Å². The van der Waals surface area contributed by atoms with Crippen LogP contribution in [0, 0.1) is 10.1 Å². The molecule has 1 unspecified atom stereocenters. The van der Waals surface area contributed by atoms with Crippen molar-refractivity contribution in [2.45, 2.75) is 18.9 Å². The summed E-state index contributed by atoms with van der Waals surface area (Å²) >= 11 is 5.94. The van der Waals surface area contributed by atoms with Crippen molar-refractivity contribution in [3.05, 3.63) is 32.8 Å². The molecule has 1 aromatic carbocycles. The van der Waals surface area contributed by atoms with Crippen molar-refractivity contribution in [1.29, 1.82) is 0 Å². The second-order valence-corrected chi connectivity index (χ2v) is 4.84. The molecule has 1 aliphatic heterocycles. The van der Waals surface area contributed by atoms with E-state index < -0.39 is 10.9 Å². The molecule has 0 amide bonds. The zero-order valence-electron chi connectivity index (χ0n) is 10.5. The maximum atomic E-state index is 11.2. The Balaban J connectivity index is 2.25. The molecule has 0 spiro atoms. The van der Waals surface area contributed by atoms with Gasteiger partial charge in [-0.3, -0.25) is 10.1 Å². The number of nitrogens with zero attached hydrogens (tertiary/aromatic N) is 1. The monoisotopic (exact) mass is 300 g/mol. The Morgan fingerprint density at radius 1 is 1.60 bits per heavy atom. The van der Waals surface area contributed by atoms with E-state index in [-0.39, 0.29) is 28.1 Å². The number of hydrogen-bond donors (Lipinski definition) is 2. The van der Waals surface area contributed by atoms with Crippen LogP contribution in [0.25, 0.3) is 0 Å².